The maximum Gasteiger partial charge on any atom is 0.229 e. The molecule has 0 unspecified atom stereocenters. The van der Waals surface area contributed by atoms with Crippen molar-refractivity contribution in [3.63, 3.8) is 0 Å². The molecule has 0 saturated carbocycles. The molecule has 0 bridgehead atoms. The number of nitrogens with zero attached hydrogens (tertiary/aromatic N) is 2. The Hall–Kier alpha value is -2.79. The monoisotopic (exact) mass is 368 g/mol. The van der Waals surface area contributed by atoms with Gasteiger partial charge in [0.1, 0.15) is 11.6 Å². The van der Waals surface area contributed by atoms with Crippen LogP contribution in [-0.2, 0) is 6.42 Å². The van der Waals surface area contributed by atoms with E-state index in [0.717, 1.165) is 35.8 Å². The lowest BCUT2D eigenvalue weighted by molar-refractivity contribution is 0.414. The van der Waals surface area contributed by atoms with Gasteiger partial charge >= 0.3 is 0 Å². The van der Waals surface area contributed by atoms with E-state index in [9.17, 15) is 0 Å². The molecule has 0 amide bonds. The Morgan fingerprint density at radius 2 is 2.00 bits per heavy atom. The van der Waals surface area contributed by atoms with Crippen LogP contribution in [0.15, 0.2) is 54.7 Å². The fraction of sp³-hybridized carbons (Fsp3) is 0.200. The van der Waals surface area contributed by atoms with Crippen LogP contribution in [0.1, 0.15) is 11.1 Å². The molecule has 6 heteroatoms. The first-order chi connectivity index (χ1) is 12.6. The van der Waals surface area contributed by atoms with Crippen LogP contribution in [0.2, 0.25) is 5.02 Å². The number of hydrogen-bond donors (Lipinski definition) is 2. The predicted molar refractivity (Wildman–Crippen MR) is 107 cm³/mol. The summed E-state index contributed by atoms with van der Waals surface area (Å²) in [4.78, 5) is 8.78. The van der Waals surface area contributed by atoms with E-state index in [0.29, 0.717) is 11.0 Å². The van der Waals surface area contributed by atoms with Crippen molar-refractivity contribution in [1.29, 1.82) is 0 Å². The highest BCUT2D eigenvalue weighted by molar-refractivity contribution is 6.30. The molecule has 1 aromatic heterocycles. The van der Waals surface area contributed by atoms with E-state index in [1.165, 1.54) is 5.56 Å². The van der Waals surface area contributed by atoms with Crippen LogP contribution >= 0.6 is 11.6 Å². The highest BCUT2D eigenvalue weighted by atomic mass is 35.5. The van der Waals surface area contributed by atoms with Crippen LogP contribution in [0.5, 0.6) is 5.75 Å². The number of nitrogens with one attached hydrogen (secondary N) is 2. The molecule has 0 aliphatic heterocycles. The molecular formula is C20H21ClN4O. The molecule has 0 aliphatic rings. The Kier molecular flexibility index (Phi) is 5.92. The second-order valence-corrected chi connectivity index (χ2v) is 6.31. The number of aromatic nitrogens is 2. The van der Waals surface area contributed by atoms with Crippen molar-refractivity contribution in [3.05, 3.63) is 70.9 Å². The van der Waals surface area contributed by atoms with Crippen LogP contribution < -0.4 is 15.4 Å². The van der Waals surface area contributed by atoms with E-state index >= 15 is 0 Å². The fourth-order valence-corrected chi connectivity index (χ4v) is 2.70. The highest BCUT2D eigenvalue weighted by Crippen LogP contribution is 2.23. The molecule has 3 aromatic rings. The number of aryl methyl sites for hydroxylation is 1. The average Bonchev–Trinajstić information content (AvgIpc) is 2.65. The summed E-state index contributed by atoms with van der Waals surface area (Å²) in [6.45, 7) is 2.77. The smallest absolute Gasteiger partial charge is 0.229 e. The molecule has 0 atom stereocenters. The van der Waals surface area contributed by atoms with E-state index < -0.39 is 0 Å². The fourth-order valence-electron chi connectivity index (χ4n) is 2.53. The van der Waals surface area contributed by atoms with Crippen LogP contribution in [0.4, 0.5) is 17.5 Å². The minimum absolute atomic E-state index is 0.529. The maximum absolute atomic E-state index is 6.06. The molecular weight excluding hydrogens is 348 g/mol. The van der Waals surface area contributed by atoms with Gasteiger partial charge < -0.3 is 15.4 Å². The average molecular weight is 369 g/mol. The van der Waals surface area contributed by atoms with Gasteiger partial charge in [-0.1, -0.05) is 29.8 Å². The Balaban J connectivity index is 1.61. The Bertz CT molecular complexity index is 885. The van der Waals surface area contributed by atoms with Gasteiger partial charge in [-0.3, -0.25) is 0 Å². The number of methoxy groups -OCH3 is 1. The van der Waals surface area contributed by atoms with Gasteiger partial charge in [-0.05, 0) is 54.8 Å². The zero-order chi connectivity index (χ0) is 18.4. The Morgan fingerprint density at radius 3 is 2.85 bits per heavy atom. The summed E-state index contributed by atoms with van der Waals surface area (Å²) >= 11 is 6.06. The van der Waals surface area contributed by atoms with Crippen molar-refractivity contribution in [2.45, 2.75) is 13.3 Å². The zero-order valence-electron chi connectivity index (χ0n) is 14.8. The van der Waals surface area contributed by atoms with Crippen molar-refractivity contribution in [2.24, 2.45) is 0 Å². The lowest BCUT2D eigenvalue weighted by Crippen LogP contribution is -2.08. The van der Waals surface area contributed by atoms with Gasteiger partial charge in [0.25, 0.3) is 0 Å². The number of ether oxygens (including phenoxy) is 1. The molecule has 0 spiro atoms. The van der Waals surface area contributed by atoms with Crippen LogP contribution in [-0.4, -0.2) is 23.6 Å². The second kappa shape index (κ2) is 8.54. The number of halogens is 1. The summed E-state index contributed by atoms with van der Waals surface area (Å²) in [5.74, 6) is 2.17. The number of anilines is 3. The van der Waals surface area contributed by atoms with Crippen molar-refractivity contribution >= 4 is 29.1 Å². The standard InChI is InChI=1S/C20H21ClN4O/c1-14-6-7-16(21)13-18(14)24-20-23-11-9-19(25-20)22-10-8-15-4-3-5-17(12-15)26-2/h3-7,9,11-13H,8,10H2,1-2H3,(H2,22,23,24,25). The van der Waals surface area contributed by atoms with Crippen LogP contribution in [0.25, 0.3) is 0 Å². The third kappa shape index (κ3) is 4.86. The third-order valence-corrected chi connectivity index (χ3v) is 4.19. The highest BCUT2D eigenvalue weighted by Gasteiger charge is 2.04. The molecule has 1 heterocycles. The number of benzene rings is 2. The molecule has 0 fully saturated rings. The van der Waals surface area contributed by atoms with Crippen molar-refractivity contribution in [1.82, 2.24) is 9.97 Å². The summed E-state index contributed by atoms with van der Waals surface area (Å²) < 4.78 is 5.25. The largest absolute Gasteiger partial charge is 0.497 e. The lowest BCUT2D eigenvalue weighted by atomic mass is 10.1. The van der Waals surface area contributed by atoms with Crippen molar-refractivity contribution in [2.75, 3.05) is 24.3 Å². The summed E-state index contributed by atoms with van der Waals surface area (Å²) in [7, 11) is 1.68. The maximum atomic E-state index is 6.06. The number of rotatable bonds is 7. The quantitative estimate of drug-likeness (QED) is 0.624. The van der Waals surface area contributed by atoms with Gasteiger partial charge in [0.15, 0.2) is 0 Å². The van der Waals surface area contributed by atoms with Crippen LogP contribution in [0, 0.1) is 6.92 Å². The topological polar surface area (TPSA) is 59.1 Å². The van der Waals surface area contributed by atoms with E-state index in [2.05, 4.69) is 26.7 Å². The first-order valence-electron chi connectivity index (χ1n) is 8.37. The molecule has 3 rings (SSSR count). The summed E-state index contributed by atoms with van der Waals surface area (Å²) in [5, 5.41) is 7.21. The Labute approximate surface area is 158 Å². The van der Waals surface area contributed by atoms with Gasteiger partial charge in [0, 0.05) is 23.5 Å². The van der Waals surface area contributed by atoms with Gasteiger partial charge in [0.2, 0.25) is 5.95 Å². The summed E-state index contributed by atoms with van der Waals surface area (Å²) in [5.41, 5.74) is 3.18. The first-order valence-corrected chi connectivity index (χ1v) is 8.75. The molecule has 0 radical (unpaired) electrons. The molecule has 0 saturated heterocycles. The van der Waals surface area contributed by atoms with Gasteiger partial charge in [-0.2, -0.15) is 4.98 Å². The first kappa shape index (κ1) is 18.0. The summed E-state index contributed by atoms with van der Waals surface area (Å²) in [6, 6.07) is 15.6. The molecule has 0 aliphatic carbocycles. The van der Waals surface area contributed by atoms with E-state index in [4.69, 9.17) is 16.3 Å². The predicted octanol–water partition coefficient (Wildman–Crippen LogP) is 4.85. The van der Waals surface area contributed by atoms with E-state index in [1.54, 1.807) is 13.3 Å². The zero-order valence-corrected chi connectivity index (χ0v) is 15.5. The Morgan fingerprint density at radius 1 is 1.12 bits per heavy atom. The van der Waals surface area contributed by atoms with Gasteiger partial charge in [0.05, 0.1) is 7.11 Å². The van der Waals surface area contributed by atoms with Gasteiger partial charge in [-0.15, -0.1) is 0 Å². The molecule has 2 aromatic carbocycles. The molecule has 5 nitrogen and oxygen atoms in total. The van der Waals surface area contributed by atoms with Gasteiger partial charge in [-0.25, -0.2) is 4.98 Å². The molecule has 26 heavy (non-hydrogen) atoms. The minimum atomic E-state index is 0.529. The van der Waals surface area contributed by atoms with Crippen molar-refractivity contribution < 1.29 is 4.74 Å². The molecule has 134 valence electrons. The number of hydrogen-bond acceptors (Lipinski definition) is 5. The normalized spacial score (nSPS) is 10.4. The summed E-state index contributed by atoms with van der Waals surface area (Å²) in [6.07, 6.45) is 2.60. The second-order valence-electron chi connectivity index (χ2n) is 5.88. The lowest BCUT2D eigenvalue weighted by Gasteiger charge is -2.11. The van der Waals surface area contributed by atoms with Crippen molar-refractivity contribution in [3.8, 4) is 5.75 Å². The van der Waals surface area contributed by atoms with E-state index in [-0.39, 0.29) is 0 Å². The SMILES string of the molecule is COc1cccc(CCNc2ccnc(Nc3cc(Cl)ccc3C)n2)c1. The third-order valence-electron chi connectivity index (χ3n) is 3.96. The van der Waals surface area contributed by atoms with Crippen LogP contribution in [0.3, 0.4) is 0 Å². The molecule has 2 N–H and O–H groups in total. The van der Waals surface area contributed by atoms with E-state index in [1.807, 2.05) is 49.4 Å². The minimum Gasteiger partial charge on any atom is -0.497 e.